The molecule has 1 aliphatic rings. The number of aliphatic hydroxyl groups is 1. The molecule has 1 N–H and O–H groups in total. The van der Waals surface area contributed by atoms with E-state index in [9.17, 15) is 33.5 Å². The van der Waals surface area contributed by atoms with Crippen LogP contribution in [0, 0.1) is 11.3 Å². The number of alkyl halides is 2. The Morgan fingerprint density at radius 1 is 0.966 bits per heavy atom. The van der Waals surface area contributed by atoms with E-state index >= 15 is 0 Å². The highest BCUT2D eigenvalue weighted by atomic mass is 35.5. The minimum Gasteiger partial charge on any atom is -0.493 e. The van der Waals surface area contributed by atoms with Crippen LogP contribution in [-0.4, -0.2) is 68.5 Å². The molecule has 302 valence electrons. The second-order valence-electron chi connectivity index (χ2n) is 14.1. The fourth-order valence-corrected chi connectivity index (χ4v) is 7.23. The summed E-state index contributed by atoms with van der Waals surface area (Å²) in [5.41, 5.74) is 1.47. The summed E-state index contributed by atoms with van der Waals surface area (Å²) in [5.74, 6) is -3.40. The van der Waals surface area contributed by atoms with Crippen LogP contribution in [0.15, 0.2) is 89.1 Å². The Balaban J connectivity index is 1.02. The highest BCUT2D eigenvalue weighted by Crippen LogP contribution is 2.39. The molecule has 58 heavy (non-hydrogen) atoms. The number of carbonyl (C=O) groups excluding carboxylic acids is 2. The number of thioether (sulfide) groups is 1. The van der Waals surface area contributed by atoms with Crippen molar-refractivity contribution in [2.45, 2.75) is 68.7 Å². The lowest BCUT2D eigenvalue weighted by atomic mass is 9.77. The number of aromatic nitrogens is 3. The maximum absolute atomic E-state index is 15.0. The van der Waals surface area contributed by atoms with Crippen LogP contribution in [0.4, 0.5) is 8.78 Å². The molecule has 6 rings (SSSR count). The topological polar surface area (TPSA) is 157 Å². The van der Waals surface area contributed by atoms with Crippen LogP contribution < -0.4 is 19.8 Å². The number of aliphatic hydroxyl groups excluding tert-OH is 1. The van der Waals surface area contributed by atoms with Crippen molar-refractivity contribution in [3.8, 4) is 23.3 Å². The number of pyridine rings is 1. The highest BCUT2D eigenvalue weighted by molar-refractivity contribution is 7.98. The number of imide groups is 1. The Morgan fingerprint density at radius 2 is 1.69 bits per heavy atom. The molecule has 1 fully saturated rings. The molecule has 0 aliphatic carbocycles. The molecule has 2 aromatic heterocycles. The minimum atomic E-state index is -3.18. The summed E-state index contributed by atoms with van der Waals surface area (Å²) in [4.78, 5) is 47.2. The molecule has 12 nitrogen and oxygen atoms in total. The maximum atomic E-state index is 15.0. The van der Waals surface area contributed by atoms with Gasteiger partial charge in [0.25, 0.3) is 17.4 Å². The number of hydrogen-bond acceptors (Lipinski definition) is 11. The molecule has 3 aromatic carbocycles. The summed E-state index contributed by atoms with van der Waals surface area (Å²) >= 11 is 8.05. The monoisotopic (exact) mass is 831 g/mol. The number of halogens is 3. The van der Waals surface area contributed by atoms with Crippen molar-refractivity contribution >= 4 is 45.9 Å². The van der Waals surface area contributed by atoms with Crippen LogP contribution in [0.3, 0.4) is 0 Å². The first kappa shape index (κ1) is 42.1. The van der Waals surface area contributed by atoms with Crippen molar-refractivity contribution in [3.63, 3.8) is 0 Å². The zero-order valence-electron chi connectivity index (χ0n) is 31.9. The third-order valence-electron chi connectivity index (χ3n) is 10.0. The van der Waals surface area contributed by atoms with E-state index < -0.39 is 60.9 Å². The number of hydrogen-bond donors (Lipinski definition) is 1. The molecule has 3 heterocycles. The van der Waals surface area contributed by atoms with E-state index in [-0.39, 0.29) is 53.5 Å². The summed E-state index contributed by atoms with van der Waals surface area (Å²) in [6.07, 6.45) is 3.86. The van der Waals surface area contributed by atoms with Crippen LogP contribution in [0.2, 0.25) is 5.02 Å². The summed E-state index contributed by atoms with van der Waals surface area (Å²) in [7, 11) is 0. The van der Waals surface area contributed by atoms with Crippen LogP contribution in [0.25, 0.3) is 10.8 Å². The first-order valence-electron chi connectivity index (χ1n) is 18.3. The molecule has 1 atom stereocenters. The lowest BCUT2D eigenvalue weighted by Crippen LogP contribution is -2.47. The van der Waals surface area contributed by atoms with Gasteiger partial charge in [0.1, 0.15) is 36.9 Å². The Hall–Kier alpha value is -5.56. The standard InChI is InChI=1S/C42H40ClF2N5O7S/c1-41(2,28-4-6-31(7-5-28)57-24-30-12-16-47-40(48-30)58-3)29-20-27(23-46)37(34(43)22-29)56-19-15-42(44,45)14-18-55-32-8-9-33-26(21-32)13-17-49(38(33)53)35-10-11-36(52)50(25-51)39(35)54/h4-9,12-13,16-17,20-22,35,51H,10-11,14-15,18-19,24-25H2,1-3H3. The van der Waals surface area contributed by atoms with Gasteiger partial charge >= 0.3 is 0 Å². The van der Waals surface area contributed by atoms with Crippen molar-refractivity contribution in [1.29, 1.82) is 5.26 Å². The van der Waals surface area contributed by atoms with Crippen molar-refractivity contribution in [2.24, 2.45) is 0 Å². The number of fused-ring (bicyclic) bond motifs is 1. The van der Waals surface area contributed by atoms with E-state index in [1.807, 2.05) is 44.4 Å². The largest absolute Gasteiger partial charge is 0.493 e. The van der Waals surface area contributed by atoms with Gasteiger partial charge in [-0.2, -0.15) is 5.26 Å². The number of benzene rings is 3. The number of nitriles is 1. The van der Waals surface area contributed by atoms with E-state index in [2.05, 4.69) is 16.0 Å². The van der Waals surface area contributed by atoms with Gasteiger partial charge in [-0.3, -0.25) is 19.3 Å². The van der Waals surface area contributed by atoms with Gasteiger partial charge in [-0.15, -0.1) is 0 Å². The smallest absolute Gasteiger partial charge is 0.259 e. The van der Waals surface area contributed by atoms with Gasteiger partial charge in [0.2, 0.25) is 5.91 Å². The SMILES string of the molecule is CSc1nccc(COc2ccc(C(C)(C)c3cc(Cl)c(OCCC(F)(F)CCOc4ccc5c(=O)n(C6CCC(=O)N(CO)C6=O)ccc5c4)c(C#N)c3)cc2)n1. The fourth-order valence-electron chi connectivity index (χ4n) is 6.58. The van der Waals surface area contributed by atoms with Gasteiger partial charge in [-0.25, -0.2) is 18.7 Å². The number of rotatable bonds is 16. The highest BCUT2D eigenvalue weighted by Gasteiger charge is 2.36. The van der Waals surface area contributed by atoms with Crippen LogP contribution in [-0.2, 0) is 21.6 Å². The zero-order chi connectivity index (χ0) is 41.6. The molecule has 1 saturated heterocycles. The van der Waals surface area contributed by atoms with Gasteiger partial charge < -0.3 is 23.9 Å². The van der Waals surface area contributed by atoms with E-state index in [4.69, 9.17) is 25.8 Å². The second-order valence-corrected chi connectivity index (χ2v) is 15.3. The molecule has 5 aromatic rings. The van der Waals surface area contributed by atoms with Crippen molar-refractivity contribution < 1.29 is 37.7 Å². The third kappa shape index (κ3) is 9.41. The van der Waals surface area contributed by atoms with Gasteiger partial charge in [0.15, 0.2) is 10.9 Å². The van der Waals surface area contributed by atoms with E-state index in [0.717, 1.165) is 16.8 Å². The number of likely N-dealkylation sites (tertiary alicyclic amines) is 1. The van der Waals surface area contributed by atoms with Crippen molar-refractivity contribution in [2.75, 3.05) is 26.2 Å². The first-order chi connectivity index (χ1) is 27.7. The normalized spacial score (nSPS) is 14.7. The number of nitrogens with zero attached hydrogens (tertiary/aromatic N) is 5. The summed E-state index contributed by atoms with van der Waals surface area (Å²) < 4.78 is 48.4. The summed E-state index contributed by atoms with van der Waals surface area (Å²) in [6.45, 7) is 2.74. The second kappa shape index (κ2) is 17.9. The number of ether oxygens (including phenoxy) is 3. The molecule has 1 aliphatic heterocycles. The van der Waals surface area contributed by atoms with Crippen molar-refractivity contribution in [3.05, 3.63) is 117 Å². The molecule has 0 spiro atoms. The van der Waals surface area contributed by atoms with E-state index in [0.29, 0.717) is 21.2 Å². The maximum Gasteiger partial charge on any atom is 0.259 e. The Kier molecular flexibility index (Phi) is 13.0. The Bertz CT molecular complexity index is 2420. The Labute approximate surface area is 342 Å². The van der Waals surface area contributed by atoms with Gasteiger partial charge in [0, 0.05) is 42.5 Å². The molecular weight excluding hydrogens is 792 g/mol. The average molecular weight is 832 g/mol. The quantitative estimate of drug-likeness (QED) is 0.0598. The molecule has 0 radical (unpaired) electrons. The van der Waals surface area contributed by atoms with E-state index in [1.165, 1.54) is 34.7 Å². The zero-order valence-corrected chi connectivity index (χ0v) is 33.5. The molecular formula is C42H40ClF2N5O7S. The van der Waals surface area contributed by atoms with E-state index in [1.54, 1.807) is 36.5 Å². The lowest BCUT2D eigenvalue weighted by molar-refractivity contribution is -0.155. The van der Waals surface area contributed by atoms with Gasteiger partial charge in [-0.1, -0.05) is 49.3 Å². The minimum absolute atomic E-state index is 0.00614. The molecule has 2 amide bonds. The van der Waals surface area contributed by atoms with Crippen molar-refractivity contribution in [1.82, 2.24) is 19.4 Å². The van der Waals surface area contributed by atoms with Gasteiger partial charge in [0.05, 0.1) is 29.5 Å². The van der Waals surface area contributed by atoms with Crippen LogP contribution in [0.1, 0.15) is 68.0 Å². The predicted molar refractivity (Wildman–Crippen MR) is 213 cm³/mol. The summed E-state index contributed by atoms with van der Waals surface area (Å²) in [5, 5.41) is 20.9. The summed E-state index contributed by atoms with van der Waals surface area (Å²) in [6, 6.07) is 19.9. The molecule has 16 heteroatoms. The fraction of sp³-hybridized carbons (Fsp3) is 0.333. The molecule has 0 bridgehead atoms. The molecule has 0 saturated carbocycles. The molecule has 1 unspecified atom stereocenters. The van der Waals surface area contributed by atoms with Crippen LogP contribution in [0.5, 0.6) is 17.2 Å². The Morgan fingerprint density at radius 3 is 2.40 bits per heavy atom. The predicted octanol–water partition coefficient (Wildman–Crippen LogP) is 7.46. The third-order valence-corrected chi connectivity index (χ3v) is 10.9. The lowest BCUT2D eigenvalue weighted by Gasteiger charge is -2.30. The van der Waals surface area contributed by atoms with Gasteiger partial charge in [-0.05, 0) is 83.8 Å². The number of piperidine rings is 1. The average Bonchev–Trinajstić information content (AvgIpc) is 3.21. The number of amides is 2. The first-order valence-corrected chi connectivity index (χ1v) is 19.9. The van der Waals surface area contributed by atoms with Crippen LogP contribution >= 0.6 is 23.4 Å². The number of carbonyl (C=O) groups is 2.